The van der Waals surface area contributed by atoms with Gasteiger partial charge in [-0.2, -0.15) is 0 Å². The lowest BCUT2D eigenvalue weighted by molar-refractivity contribution is 0.0498. The second-order valence-electron chi connectivity index (χ2n) is 34.8. The fraction of sp³-hybridized carbons (Fsp3) is 0.409. The zero-order valence-corrected chi connectivity index (χ0v) is 81.1. The van der Waals surface area contributed by atoms with Gasteiger partial charge < -0.3 is 4.74 Å². The average Bonchev–Trinajstić information content (AvgIpc) is 1.57. The van der Waals surface area contributed by atoms with E-state index in [0.717, 1.165) is 96.1 Å². The van der Waals surface area contributed by atoms with E-state index in [1.54, 1.807) is 22.5 Å². The first kappa shape index (κ1) is 90.2. The van der Waals surface area contributed by atoms with E-state index in [9.17, 15) is 4.79 Å². The van der Waals surface area contributed by atoms with Gasteiger partial charge in [-0.1, -0.05) is 318 Å². The second kappa shape index (κ2) is 42.8. The van der Waals surface area contributed by atoms with E-state index in [2.05, 4.69) is 239 Å². The van der Waals surface area contributed by atoms with Crippen LogP contribution < -0.4 is 0 Å². The van der Waals surface area contributed by atoms with Crippen LogP contribution in [0.3, 0.4) is 0 Å². The monoisotopic (exact) mass is 1780 g/mol. The van der Waals surface area contributed by atoms with Crippen molar-refractivity contribution in [3.63, 3.8) is 0 Å². The number of benzene rings is 6. The first-order chi connectivity index (χ1) is 60.2. The summed E-state index contributed by atoms with van der Waals surface area (Å²) < 4.78 is 25.4. The molecule has 642 valence electrons. The third kappa shape index (κ3) is 20.4. The Labute approximate surface area is 765 Å². The van der Waals surface area contributed by atoms with Crippen LogP contribution in [0.1, 0.15) is 279 Å². The summed E-state index contributed by atoms with van der Waals surface area (Å²) in [5.74, 6) is 0.473. The molecule has 0 N–H and O–H groups in total. The molecule has 6 aromatic carbocycles. The zero-order valence-electron chi connectivity index (χ0n) is 74.6. The number of nitrogens with zero attached hydrogens (tertiary/aromatic N) is 2. The van der Waals surface area contributed by atoms with Crippen LogP contribution in [0, 0.1) is 45.3 Å². The van der Waals surface area contributed by atoms with Gasteiger partial charge in [0, 0.05) is 118 Å². The van der Waals surface area contributed by atoms with E-state index in [-0.39, 0.29) is 10.3 Å². The Bertz CT molecular complexity index is 5900. The van der Waals surface area contributed by atoms with Gasteiger partial charge in [0.1, 0.15) is 4.88 Å². The summed E-state index contributed by atoms with van der Waals surface area (Å²) in [5, 5.41) is 3.20. The highest BCUT2D eigenvalue weighted by atomic mass is 32.1. The minimum absolute atomic E-state index is 0.0500. The molecular formula is C110H125FN2O2S8. The number of esters is 1. The molecule has 13 heteroatoms. The van der Waals surface area contributed by atoms with E-state index < -0.39 is 11.8 Å². The Balaban J connectivity index is 0.000000191. The number of carbonyl (C=O) groups excluding carboxylic acids is 1. The van der Waals surface area contributed by atoms with E-state index >= 15 is 4.39 Å². The number of aryl methyl sites for hydroxylation is 4. The third-order valence-electron chi connectivity index (χ3n) is 25.8. The van der Waals surface area contributed by atoms with E-state index in [1.165, 1.54) is 269 Å². The number of thiophene rings is 8. The quantitative estimate of drug-likeness (QED) is 0.0283. The summed E-state index contributed by atoms with van der Waals surface area (Å²) in [6.45, 7) is 25.2. The molecule has 2 unspecified atom stereocenters. The van der Waals surface area contributed by atoms with E-state index in [4.69, 9.17) is 14.7 Å². The molecule has 16 rings (SSSR count). The second-order valence-corrected chi connectivity index (χ2v) is 44.1. The van der Waals surface area contributed by atoms with Crippen molar-refractivity contribution < 1.29 is 13.9 Å². The Morgan fingerprint density at radius 2 is 0.886 bits per heavy atom. The van der Waals surface area contributed by atoms with Crippen molar-refractivity contribution in [3.8, 4) is 95.6 Å². The fourth-order valence-corrected chi connectivity index (χ4v) is 28.3. The number of aromatic nitrogens is 2. The van der Waals surface area contributed by atoms with Gasteiger partial charge in [-0.05, 0) is 166 Å². The van der Waals surface area contributed by atoms with Gasteiger partial charge >= 0.3 is 5.97 Å². The van der Waals surface area contributed by atoms with Gasteiger partial charge in [0.2, 0.25) is 0 Å². The summed E-state index contributed by atoms with van der Waals surface area (Å²) in [7, 11) is 0. The number of fused-ring (bicyclic) bond motifs is 7. The van der Waals surface area contributed by atoms with Gasteiger partial charge in [0.15, 0.2) is 5.82 Å². The van der Waals surface area contributed by atoms with Gasteiger partial charge in [-0.3, -0.25) is 0 Å². The van der Waals surface area contributed by atoms with Crippen LogP contribution in [0.2, 0.25) is 0 Å². The molecule has 0 bridgehead atoms. The molecule has 0 saturated carbocycles. The largest absolute Gasteiger partial charge is 0.461 e. The van der Waals surface area contributed by atoms with Gasteiger partial charge in [-0.25, -0.2) is 19.2 Å². The summed E-state index contributed by atoms with van der Waals surface area (Å²) in [5.41, 5.74) is 19.6. The maximum atomic E-state index is 16.2. The molecule has 0 aliphatic heterocycles. The molecule has 2 atom stereocenters. The van der Waals surface area contributed by atoms with Crippen molar-refractivity contribution >= 4 is 138 Å². The molecule has 1 aliphatic carbocycles. The fourth-order valence-electron chi connectivity index (χ4n) is 18.9. The maximum absolute atomic E-state index is 16.2. The van der Waals surface area contributed by atoms with Crippen LogP contribution in [0.5, 0.6) is 0 Å². The molecule has 15 aromatic rings. The van der Waals surface area contributed by atoms with Crippen LogP contribution in [0.15, 0.2) is 170 Å². The number of unbranched alkanes of at least 4 members (excludes halogenated alkanes) is 17. The number of halogens is 1. The van der Waals surface area contributed by atoms with Crippen LogP contribution >= 0.6 is 90.7 Å². The SMILES string of the molecule is CCCCCCCCC1(CCCCCCCC)c2cc(C)ccc2-c2ccc(-c3ccc(-c4ccc(-c5ccc(C)s5)c5nc(-c6ccccc6)c(-c6ccccc6)nc45)s3)cc21.CCCCCCCCOC(=O)c1sc2c(-c3cc4c(-c5ccc(CC(CC)CCCC)s5)c5sc(C)cc5c(-c5ccc(CC(CC)CCCC)s5)c4s3)sc(C)c2c1F. The average molecular weight is 1780 g/mol. The van der Waals surface area contributed by atoms with E-state index in [0.29, 0.717) is 23.8 Å². The lowest BCUT2D eigenvalue weighted by atomic mass is 9.70. The molecule has 0 saturated heterocycles. The van der Waals surface area contributed by atoms with Crippen molar-refractivity contribution in [2.75, 3.05) is 6.61 Å². The number of rotatable bonds is 42. The molecule has 0 radical (unpaired) electrons. The van der Waals surface area contributed by atoms with E-state index in [1.807, 2.05) is 74.9 Å². The molecule has 0 amide bonds. The Morgan fingerprint density at radius 3 is 1.44 bits per heavy atom. The summed E-state index contributed by atoms with van der Waals surface area (Å²) in [6, 6.07) is 63.9. The number of ether oxygens (including phenoxy) is 1. The Morgan fingerprint density at radius 1 is 0.398 bits per heavy atom. The standard InChI is InChI=1S/C59H62N2S2.C51H63FO2S6/c1-5-7-9-11-13-21-37-59(38-22-14-12-10-8-6-2)50-39-41(3)27-30-46(50)47-31-29-45(40-51(47)59)52-35-36-54(63-52)49-33-32-48(53-34-28-42(4)62-53)57-58(49)61-56(44-25-19-16-20-26-44)55(60-57)43-23-17-15-18-24-43;1-8-13-16-17-18-19-26-54-51(53)50-45(52)42-32(7)56-48(49(42)60-50)41-30-38-44(40-25-23-36(58-40)29-34(12-5)21-15-10-3)46-37(27-31(6)55-46)43(47(38)59-41)39-24-22-35(57-39)28-33(11-4)20-14-9-2/h15-20,23-36,39-40H,5-14,21-22,37-38H2,1-4H3;22-25,27,30,33-34H,8-21,26,28-29H2,1-7H3. The zero-order chi connectivity index (χ0) is 85.5. The lowest BCUT2D eigenvalue weighted by Crippen LogP contribution is -2.25. The van der Waals surface area contributed by atoms with Gasteiger partial charge in [0.05, 0.1) is 38.6 Å². The highest BCUT2D eigenvalue weighted by Crippen LogP contribution is 2.59. The summed E-state index contributed by atoms with van der Waals surface area (Å²) in [6.07, 6.45) is 37.4. The molecule has 0 fully saturated rings. The molecule has 4 nitrogen and oxygen atoms in total. The number of hydrogen-bond donors (Lipinski definition) is 0. The first-order valence-electron chi connectivity index (χ1n) is 46.6. The molecular weight excluding hydrogens is 1660 g/mol. The first-order valence-corrected chi connectivity index (χ1v) is 53.1. The topological polar surface area (TPSA) is 52.1 Å². The molecule has 0 spiro atoms. The number of carbonyl (C=O) groups is 1. The minimum Gasteiger partial charge on any atom is -0.461 e. The summed E-state index contributed by atoms with van der Waals surface area (Å²) >= 11 is 14.3. The van der Waals surface area contributed by atoms with Crippen LogP contribution in [0.4, 0.5) is 4.39 Å². The highest BCUT2D eigenvalue weighted by Gasteiger charge is 2.43. The number of hydrogen-bond acceptors (Lipinski definition) is 12. The van der Waals surface area contributed by atoms with Crippen molar-refractivity contribution in [1.82, 2.24) is 9.97 Å². The minimum atomic E-state index is -0.531. The Kier molecular flexibility index (Phi) is 31.4. The lowest BCUT2D eigenvalue weighted by Gasteiger charge is -2.33. The highest BCUT2D eigenvalue weighted by molar-refractivity contribution is 7.32. The predicted octanol–water partition coefficient (Wildman–Crippen LogP) is 37.8. The predicted molar refractivity (Wildman–Crippen MR) is 544 cm³/mol. The Hall–Kier alpha value is -7.56. The van der Waals surface area contributed by atoms with Crippen LogP contribution in [0.25, 0.3) is 137 Å². The van der Waals surface area contributed by atoms with Crippen LogP contribution in [-0.4, -0.2) is 22.5 Å². The normalized spacial score (nSPS) is 12.9. The molecule has 1 aliphatic rings. The molecule has 123 heavy (non-hydrogen) atoms. The van der Waals surface area contributed by atoms with Crippen molar-refractivity contribution in [3.05, 3.63) is 222 Å². The van der Waals surface area contributed by atoms with Gasteiger partial charge in [0.25, 0.3) is 0 Å². The van der Waals surface area contributed by atoms with Crippen LogP contribution in [-0.2, 0) is 23.0 Å². The van der Waals surface area contributed by atoms with Crippen molar-refractivity contribution in [2.45, 2.75) is 274 Å². The molecule has 9 heterocycles. The van der Waals surface area contributed by atoms with Crippen molar-refractivity contribution in [2.24, 2.45) is 11.8 Å². The van der Waals surface area contributed by atoms with Gasteiger partial charge in [-0.15, -0.1) is 90.7 Å². The molecule has 9 aromatic heterocycles. The summed E-state index contributed by atoms with van der Waals surface area (Å²) in [4.78, 5) is 39.7. The maximum Gasteiger partial charge on any atom is 0.351 e. The third-order valence-corrected chi connectivity index (χ3v) is 35.0. The van der Waals surface area contributed by atoms with Crippen molar-refractivity contribution in [1.29, 1.82) is 0 Å². The smallest absolute Gasteiger partial charge is 0.351 e.